The van der Waals surface area contributed by atoms with Crippen molar-refractivity contribution in [3.63, 3.8) is 0 Å². The van der Waals surface area contributed by atoms with Gasteiger partial charge in [-0.3, -0.25) is 4.79 Å². The van der Waals surface area contributed by atoms with Crippen LogP contribution in [-0.4, -0.2) is 20.7 Å². The van der Waals surface area contributed by atoms with Crippen LogP contribution < -0.4 is 5.32 Å². The highest BCUT2D eigenvalue weighted by Crippen LogP contribution is 2.22. The second-order valence-corrected chi connectivity index (χ2v) is 6.80. The third-order valence-corrected chi connectivity index (χ3v) is 4.99. The van der Waals surface area contributed by atoms with Crippen molar-refractivity contribution in [2.24, 2.45) is 7.05 Å². The zero-order chi connectivity index (χ0) is 17.6. The van der Waals surface area contributed by atoms with Crippen LogP contribution in [0, 0.1) is 0 Å². The van der Waals surface area contributed by atoms with Gasteiger partial charge in [0.2, 0.25) is 0 Å². The summed E-state index contributed by atoms with van der Waals surface area (Å²) in [5, 5.41) is 12.8. The van der Waals surface area contributed by atoms with Gasteiger partial charge < -0.3 is 9.88 Å². The minimum absolute atomic E-state index is 0.126. The number of rotatable bonds is 6. The number of hydrogen-bond acceptors (Lipinski definition) is 4. The van der Waals surface area contributed by atoms with Crippen molar-refractivity contribution in [2.75, 3.05) is 0 Å². The highest BCUT2D eigenvalue weighted by atomic mass is 35.5. The molecule has 5 nitrogen and oxygen atoms in total. The maximum absolute atomic E-state index is 12.1. The number of carbonyl (C=O) groups is 1. The molecule has 0 saturated carbocycles. The van der Waals surface area contributed by atoms with E-state index >= 15 is 0 Å². The van der Waals surface area contributed by atoms with Crippen molar-refractivity contribution in [3.8, 4) is 0 Å². The molecule has 0 radical (unpaired) electrons. The van der Waals surface area contributed by atoms with E-state index in [0.29, 0.717) is 17.9 Å². The van der Waals surface area contributed by atoms with Crippen molar-refractivity contribution >= 4 is 29.3 Å². The van der Waals surface area contributed by atoms with E-state index in [1.54, 1.807) is 23.9 Å². The summed E-state index contributed by atoms with van der Waals surface area (Å²) < 4.78 is 1.89. The molecule has 0 saturated heterocycles. The molecule has 0 bridgehead atoms. The summed E-state index contributed by atoms with van der Waals surface area (Å²) >= 11 is 7.49. The number of aromatic nitrogens is 3. The van der Waals surface area contributed by atoms with Gasteiger partial charge in [-0.05, 0) is 29.8 Å². The molecule has 1 aromatic heterocycles. The molecule has 3 rings (SSSR count). The molecule has 7 heteroatoms. The predicted octanol–water partition coefficient (Wildman–Crippen LogP) is 3.69. The zero-order valence-corrected chi connectivity index (χ0v) is 15.2. The Morgan fingerprint density at radius 3 is 2.56 bits per heavy atom. The van der Waals surface area contributed by atoms with E-state index in [1.807, 2.05) is 54.1 Å². The van der Waals surface area contributed by atoms with Crippen LogP contribution in [0.5, 0.6) is 0 Å². The molecule has 1 heterocycles. The Kier molecular flexibility index (Phi) is 5.73. The molecular formula is C18H17ClN4OS. The van der Waals surface area contributed by atoms with E-state index in [4.69, 9.17) is 11.6 Å². The van der Waals surface area contributed by atoms with Crippen LogP contribution in [0.4, 0.5) is 0 Å². The molecule has 0 aliphatic rings. The maximum Gasteiger partial charge on any atom is 0.251 e. The standard InChI is InChI=1S/C18H17ClN4OS/c1-23-16(11-20-17(24)14-5-3-2-4-6-14)21-22-18(23)25-12-13-7-9-15(19)10-8-13/h2-10H,11-12H2,1H3,(H,20,24). The van der Waals surface area contributed by atoms with Crippen molar-refractivity contribution in [1.29, 1.82) is 0 Å². The molecule has 1 amide bonds. The van der Waals surface area contributed by atoms with E-state index in [0.717, 1.165) is 21.5 Å². The molecular weight excluding hydrogens is 356 g/mol. The van der Waals surface area contributed by atoms with Crippen molar-refractivity contribution in [2.45, 2.75) is 17.5 Å². The fraction of sp³-hybridized carbons (Fsp3) is 0.167. The molecule has 0 fully saturated rings. The smallest absolute Gasteiger partial charge is 0.251 e. The SMILES string of the molecule is Cn1c(CNC(=O)c2ccccc2)nnc1SCc1ccc(Cl)cc1. The minimum atomic E-state index is -0.126. The second kappa shape index (κ2) is 8.18. The molecule has 3 aromatic rings. The van der Waals surface area contributed by atoms with Gasteiger partial charge in [0.25, 0.3) is 5.91 Å². The zero-order valence-electron chi connectivity index (χ0n) is 13.6. The lowest BCUT2D eigenvalue weighted by Gasteiger charge is -2.06. The summed E-state index contributed by atoms with van der Waals surface area (Å²) in [6.07, 6.45) is 0. The van der Waals surface area contributed by atoms with E-state index < -0.39 is 0 Å². The van der Waals surface area contributed by atoms with E-state index in [-0.39, 0.29) is 5.91 Å². The third-order valence-electron chi connectivity index (χ3n) is 3.65. The van der Waals surface area contributed by atoms with Crippen LogP contribution in [0.25, 0.3) is 0 Å². The fourth-order valence-electron chi connectivity index (χ4n) is 2.20. The highest BCUT2D eigenvalue weighted by molar-refractivity contribution is 7.98. The summed E-state index contributed by atoms with van der Waals surface area (Å²) in [5.41, 5.74) is 1.79. The first kappa shape index (κ1) is 17.5. The Morgan fingerprint density at radius 2 is 1.84 bits per heavy atom. The molecule has 128 valence electrons. The van der Waals surface area contributed by atoms with Crippen LogP contribution in [0.1, 0.15) is 21.7 Å². The lowest BCUT2D eigenvalue weighted by molar-refractivity contribution is 0.0949. The van der Waals surface area contributed by atoms with Gasteiger partial charge in [0.15, 0.2) is 11.0 Å². The fourth-order valence-corrected chi connectivity index (χ4v) is 3.22. The molecule has 0 unspecified atom stereocenters. The Morgan fingerprint density at radius 1 is 1.12 bits per heavy atom. The minimum Gasteiger partial charge on any atom is -0.345 e. The summed E-state index contributed by atoms with van der Waals surface area (Å²) in [5.74, 6) is 1.36. The van der Waals surface area contributed by atoms with Crippen molar-refractivity contribution < 1.29 is 4.79 Å². The largest absolute Gasteiger partial charge is 0.345 e. The Bertz CT molecular complexity index is 849. The van der Waals surface area contributed by atoms with Gasteiger partial charge in [-0.25, -0.2) is 0 Å². The Balaban J connectivity index is 1.57. The van der Waals surface area contributed by atoms with Crippen molar-refractivity contribution in [3.05, 3.63) is 76.6 Å². The average Bonchev–Trinajstić information content (AvgIpc) is 3.00. The van der Waals surface area contributed by atoms with Gasteiger partial charge in [0.05, 0.1) is 6.54 Å². The summed E-state index contributed by atoms with van der Waals surface area (Å²) in [4.78, 5) is 12.1. The second-order valence-electron chi connectivity index (χ2n) is 5.42. The normalized spacial score (nSPS) is 10.6. The lowest BCUT2D eigenvalue weighted by Crippen LogP contribution is -2.24. The monoisotopic (exact) mass is 372 g/mol. The van der Waals surface area contributed by atoms with Gasteiger partial charge in [-0.1, -0.05) is 53.7 Å². The lowest BCUT2D eigenvalue weighted by atomic mass is 10.2. The summed E-state index contributed by atoms with van der Waals surface area (Å²) in [7, 11) is 1.90. The molecule has 2 aromatic carbocycles. The van der Waals surface area contributed by atoms with E-state index in [9.17, 15) is 4.79 Å². The van der Waals surface area contributed by atoms with E-state index in [1.165, 1.54) is 0 Å². The number of thioether (sulfide) groups is 1. The molecule has 25 heavy (non-hydrogen) atoms. The molecule has 0 spiro atoms. The number of benzene rings is 2. The number of carbonyl (C=O) groups excluding carboxylic acids is 1. The van der Waals surface area contributed by atoms with Crippen LogP contribution in [0.3, 0.4) is 0 Å². The number of halogens is 1. The third kappa shape index (κ3) is 4.61. The van der Waals surface area contributed by atoms with Gasteiger partial charge >= 0.3 is 0 Å². The van der Waals surface area contributed by atoms with Crippen LogP contribution in [-0.2, 0) is 19.3 Å². The summed E-state index contributed by atoms with van der Waals surface area (Å²) in [6, 6.07) is 16.8. The Labute approximate surface area is 155 Å². The summed E-state index contributed by atoms with van der Waals surface area (Å²) in [6.45, 7) is 0.332. The topological polar surface area (TPSA) is 59.8 Å². The quantitative estimate of drug-likeness (QED) is 0.670. The van der Waals surface area contributed by atoms with E-state index in [2.05, 4.69) is 15.5 Å². The maximum atomic E-state index is 12.1. The number of hydrogen-bond donors (Lipinski definition) is 1. The highest BCUT2D eigenvalue weighted by Gasteiger charge is 2.11. The van der Waals surface area contributed by atoms with Crippen molar-refractivity contribution in [1.82, 2.24) is 20.1 Å². The Hall–Kier alpha value is -2.31. The average molecular weight is 373 g/mol. The molecule has 1 N–H and O–H groups in total. The molecule has 0 atom stereocenters. The first-order valence-electron chi connectivity index (χ1n) is 7.72. The number of nitrogens with one attached hydrogen (secondary N) is 1. The first-order valence-corrected chi connectivity index (χ1v) is 9.08. The molecule has 0 aliphatic carbocycles. The van der Waals surface area contributed by atoms with Gasteiger partial charge in [0.1, 0.15) is 0 Å². The van der Waals surface area contributed by atoms with Gasteiger partial charge in [0, 0.05) is 23.4 Å². The van der Waals surface area contributed by atoms with Crippen LogP contribution in [0.2, 0.25) is 5.02 Å². The first-order chi connectivity index (χ1) is 12.1. The number of nitrogens with zero attached hydrogens (tertiary/aromatic N) is 3. The van der Waals surface area contributed by atoms with Crippen LogP contribution in [0.15, 0.2) is 59.8 Å². The number of amides is 1. The van der Waals surface area contributed by atoms with Gasteiger partial charge in [-0.15, -0.1) is 10.2 Å². The van der Waals surface area contributed by atoms with Gasteiger partial charge in [-0.2, -0.15) is 0 Å². The predicted molar refractivity (Wildman–Crippen MR) is 99.6 cm³/mol. The van der Waals surface area contributed by atoms with Crippen LogP contribution >= 0.6 is 23.4 Å². The molecule has 0 aliphatic heterocycles.